The molecule has 1 amide bonds. The highest BCUT2D eigenvalue weighted by atomic mass is 35.5. The Labute approximate surface area is 230 Å². The summed E-state index contributed by atoms with van der Waals surface area (Å²) in [5.74, 6) is 2.38. The summed E-state index contributed by atoms with van der Waals surface area (Å²) in [6, 6.07) is 20.0. The first-order valence-corrected chi connectivity index (χ1v) is 14.0. The van der Waals surface area contributed by atoms with E-state index in [1.807, 2.05) is 62.4 Å². The van der Waals surface area contributed by atoms with Gasteiger partial charge in [0.25, 0.3) is 5.91 Å². The van der Waals surface area contributed by atoms with Crippen LogP contribution in [0, 0.1) is 23.2 Å². The van der Waals surface area contributed by atoms with Gasteiger partial charge in [-0.1, -0.05) is 56.5 Å². The van der Waals surface area contributed by atoms with Crippen LogP contribution in [0.4, 0.5) is 5.69 Å². The zero-order chi connectivity index (χ0) is 26.8. The van der Waals surface area contributed by atoms with Crippen molar-refractivity contribution in [1.29, 1.82) is 5.41 Å². The molecule has 2 fully saturated rings. The molecule has 3 unspecified atom stereocenters. The normalized spacial score (nSPS) is 21.2. The maximum absolute atomic E-state index is 13.3. The van der Waals surface area contributed by atoms with Crippen molar-refractivity contribution in [2.75, 3.05) is 5.73 Å². The first-order valence-electron chi connectivity index (χ1n) is 13.6. The van der Waals surface area contributed by atoms with E-state index in [-0.39, 0.29) is 29.7 Å². The number of carbonyl (C=O) groups excluding carboxylic acids is 1. The van der Waals surface area contributed by atoms with Crippen molar-refractivity contribution in [2.24, 2.45) is 17.8 Å². The molecule has 198 valence electrons. The summed E-state index contributed by atoms with van der Waals surface area (Å²) in [5, 5.41) is 12.6. The Bertz CT molecular complexity index is 1310. The Hall–Kier alpha value is -3.31. The van der Waals surface area contributed by atoms with Gasteiger partial charge in [0.1, 0.15) is 5.75 Å². The monoisotopic (exact) mass is 529 g/mol. The van der Waals surface area contributed by atoms with Crippen molar-refractivity contribution in [2.45, 2.75) is 58.1 Å². The van der Waals surface area contributed by atoms with Gasteiger partial charge in [0, 0.05) is 27.4 Å². The fraction of sp³-hybridized carbons (Fsp3) is 0.375. The molecular weight excluding hydrogens is 494 g/mol. The molecule has 5 nitrogen and oxygen atoms in total. The number of nitrogens with one attached hydrogen (secondary N) is 2. The third-order valence-electron chi connectivity index (χ3n) is 8.07. The lowest BCUT2D eigenvalue weighted by molar-refractivity contribution is 0.0925. The average molecular weight is 530 g/mol. The summed E-state index contributed by atoms with van der Waals surface area (Å²) in [4.78, 5) is 13.3. The predicted octanol–water partition coefficient (Wildman–Crippen LogP) is 7.42. The number of ether oxygens (including phenoxy) is 1. The molecule has 38 heavy (non-hydrogen) atoms. The van der Waals surface area contributed by atoms with E-state index >= 15 is 0 Å². The van der Waals surface area contributed by atoms with Crippen LogP contribution in [0.15, 0.2) is 66.7 Å². The van der Waals surface area contributed by atoms with Crippen molar-refractivity contribution in [3.8, 4) is 5.75 Å². The number of fused-ring (bicyclic) bond motifs is 2. The molecule has 0 spiro atoms. The van der Waals surface area contributed by atoms with E-state index in [1.54, 1.807) is 18.2 Å². The van der Waals surface area contributed by atoms with Crippen LogP contribution in [0.25, 0.3) is 0 Å². The highest BCUT2D eigenvalue weighted by Crippen LogP contribution is 2.43. The third kappa shape index (κ3) is 5.73. The second-order valence-electron chi connectivity index (χ2n) is 11.2. The van der Waals surface area contributed by atoms with Gasteiger partial charge in [-0.3, -0.25) is 10.2 Å². The number of hydrogen-bond acceptors (Lipinski definition) is 4. The Morgan fingerprint density at radius 2 is 1.63 bits per heavy atom. The molecule has 3 aromatic rings. The fourth-order valence-electron chi connectivity index (χ4n) is 6.06. The van der Waals surface area contributed by atoms with E-state index in [0.29, 0.717) is 21.8 Å². The van der Waals surface area contributed by atoms with Crippen molar-refractivity contribution in [3.63, 3.8) is 0 Å². The summed E-state index contributed by atoms with van der Waals surface area (Å²) in [5.41, 5.74) is 9.56. The SMILES string of the molecule is CC(C)C(NC(=O)c1ccc(N)c(C(=N)c2ccc(OC3CC4CCC(C4)C3)cc2)c1)c1ccccc1Cl. The quantitative estimate of drug-likeness (QED) is 0.209. The number of anilines is 1. The van der Waals surface area contributed by atoms with Crippen LogP contribution in [0.1, 0.15) is 79.0 Å². The molecule has 6 heteroatoms. The van der Waals surface area contributed by atoms with Crippen LogP contribution in [0.2, 0.25) is 5.02 Å². The van der Waals surface area contributed by atoms with Gasteiger partial charge in [0.15, 0.2) is 0 Å². The maximum Gasteiger partial charge on any atom is 0.251 e. The zero-order valence-electron chi connectivity index (χ0n) is 22.0. The fourth-order valence-corrected chi connectivity index (χ4v) is 6.31. The molecule has 3 aromatic carbocycles. The molecule has 5 rings (SSSR count). The molecule has 4 N–H and O–H groups in total. The highest BCUT2D eigenvalue weighted by Gasteiger charge is 2.35. The van der Waals surface area contributed by atoms with Crippen LogP contribution in [-0.4, -0.2) is 17.7 Å². The number of nitrogens with two attached hydrogens (primary N) is 1. The van der Waals surface area contributed by atoms with E-state index in [1.165, 1.54) is 19.3 Å². The van der Waals surface area contributed by atoms with Crippen LogP contribution in [0.5, 0.6) is 5.75 Å². The zero-order valence-corrected chi connectivity index (χ0v) is 22.8. The number of rotatable bonds is 8. The first-order chi connectivity index (χ1) is 18.3. The van der Waals surface area contributed by atoms with Gasteiger partial charge in [-0.05, 0) is 91.1 Å². The Balaban J connectivity index is 1.29. The topological polar surface area (TPSA) is 88.2 Å². The Morgan fingerprint density at radius 1 is 0.974 bits per heavy atom. The molecule has 0 radical (unpaired) electrons. The van der Waals surface area contributed by atoms with E-state index in [4.69, 9.17) is 27.5 Å². The smallest absolute Gasteiger partial charge is 0.251 e. The molecule has 0 heterocycles. The number of halogens is 1. The summed E-state index contributed by atoms with van der Waals surface area (Å²) in [7, 11) is 0. The largest absolute Gasteiger partial charge is 0.490 e. The first kappa shape index (κ1) is 26.3. The van der Waals surface area contributed by atoms with Gasteiger partial charge in [-0.15, -0.1) is 0 Å². The molecule has 0 saturated heterocycles. The van der Waals surface area contributed by atoms with Crippen LogP contribution in [-0.2, 0) is 0 Å². The molecule has 3 atom stereocenters. The van der Waals surface area contributed by atoms with Gasteiger partial charge in [0.05, 0.1) is 17.9 Å². The van der Waals surface area contributed by atoms with Gasteiger partial charge < -0.3 is 15.8 Å². The van der Waals surface area contributed by atoms with Gasteiger partial charge in [-0.2, -0.15) is 0 Å². The van der Waals surface area contributed by atoms with E-state index < -0.39 is 0 Å². The van der Waals surface area contributed by atoms with Gasteiger partial charge in [0.2, 0.25) is 0 Å². The van der Waals surface area contributed by atoms with E-state index in [9.17, 15) is 4.79 Å². The van der Waals surface area contributed by atoms with Gasteiger partial charge in [-0.25, -0.2) is 0 Å². The second-order valence-corrected chi connectivity index (χ2v) is 11.6. The maximum atomic E-state index is 13.3. The summed E-state index contributed by atoms with van der Waals surface area (Å²) in [6.07, 6.45) is 6.64. The van der Waals surface area contributed by atoms with Crippen LogP contribution in [0.3, 0.4) is 0 Å². The lowest BCUT2D eigenvalue weighted by atomic mass is 9.87. The molecule has 2 bridgehead atoms. The Kier molecular flexibility index (Phi) is 7.75. The minimum absolute atomic E-state index is 0.134. The summed E-state index contributed by atoms with van der Waals surface area (Å²) < 4.78 is 6.29. The van der Waals surface area contributed by atoms with Crippen LogP contribution >= 0.6 is 11.6 Å². The second kappa shape index (κ2) is 11.2. The number of amides is 1. The lowest BCUT2D eigenvalue weighted by Crippen LogP contribution is -2.32. The number of hydrogen-bond donors (Lipinski definition) is 3. The average Bonchev–Trinajstić information content (AvgIpc) is 3.25. The minimum Gasteiger partial charge on any atom is -0.490 e. The standard InChI is InChI=1S/C32H36ClN3O2/c1-19(2)31(26-5-3-4-6-28(26)33)36-32(37)23-11-14-29(34)27(18-23)30(35)22-9-12-24(13-10-22)38-25-16-20-7-8-21(15-20)17-25/h3-6,9-14,18-21,25,31,35H,7-8,15-17,34H2,1-2H3,(H,36,37). The van der Waals surface area contributed by atoms with Crippen molar-refractivity contribution < 1.29 is 9.53 Å². The van der Waals surface area contributed by atoms with Crippen molar-refractivity contribution in [3.05, 3.63) is 94.0 Å². The molecule has 2 aliphatic carbocycles. The molecular formula is C32H36ClN3O2. The third-order valence-corrected chi connectivity index (χ3v) is 8.41. The Morgan fingerprint density at radius 3 is 2.29 bits per heavy atom. The minimum atomic E-state index is -0.247. The van der Waals surface area contributed by atoms with Crippen molar-refractivity contribution in [1.82, 2.24) is 5.32 Å². The van der Waals surface area contributed by atoms with E-state index in [0.717, 1.165) is 41.6 Å². The van der Waals surface area contributed by atoms with E-state index in [2.05, 4.69) is 5.32 Å². The van der Waals surface area contributed by atoms with Crippen LogP contribution < -0.4 is 15.8 Å². The number of carbonyl (C=O) groups is 1. The van der Waals surface area contributed by atoms with Crippen molar-refractivity contribution >= 4 is 28.9 Å². The lowest BCUT2D eigenvalue weighted by Gasteiger charge is -2.28. The number of benzene rings is 3. The summed E-state index contributed by atoms with van der Waals surface area (Å²) >= 11 is 6.42. The highest BCUT2D eigenvalue weighted by molar-refractivity contribution is 6.31. The molecule has 0 aliphatic heterocycles. The predicted molar refractivity (Wildman–Crippen MR) is 154 cm³/mol. The molecule has 2 aliphatic rings. The number of nitrogen functional groups attached to an aromatic ring is 1. The van der Waals surface area contributed by atoms with Gasteiger partial charge >= 0.3 is 0 Å². The summed E-state index contributed by atoms with van der Waals surface area (Å²) in [6.45, 7) is 4.09. The molecule has 2 saturated carbocycles. The molecule has 0 aromatic heterocycles.